The quantitative estimate of drug-likeness (QED) is 0.251. The number of ketones is 1. The number of carbonyl (C=O) groups excluding carboxylic acids is 1. The van der Waals surface area contributed by atoms with Crippen LogP contribution in [0, 0.1) is 0 Å². The van der Waals surface area contributed by atoms with Crippen LogP contribution < -0.4 is 10.0 Å². The van der Waals surface area contributed by atoms with E-state index in [0.29, 0.717) is 33.9 Å². The van der Waals surface area contributed by atoms with E-state index >= 15 is 0 Å². The number of carbonyl (C=O) groups is 1. The van der Waals surface area contributed by atoms with Crippen molar-refractivity contribution in [2.75, 3.05) is 19.0 Å². The Morgan fingerprint density at radius 3 is 1.95 bits per heavy atom. The van der Waals surface area contributed by atoms with Crippen LogP contribution in [-0.4, -0.2) is 30.2 Å². The maximum Gasteiger partial charge on any atom is 0.416 e. The van der Waals surface area contributed by atoms with Gasteiger partial charge in [-0.05, 0) is 55.8 Å². The fourth-order valence-electron chi connectivity index (χ4n) is 5.91. The first-order chi connectivity index (χ1) is 18.3. The Morgan fingerprint density at radius 1 is 0.850 bits per heavy atom. The standard InChI is InChI=1S/C30H26F6N2O2/c1-27(2)19-11-15(29(31,32)33)7-9-21(19)37(5)23(27)13-17-25(39)18(26(17)40)14-24-28(3,4)20-12-16(30(34,35)36)8-10-22(20)38(24)6/h7-14H,1-6H3. The van der Waals surface area contributed by atoms with Gasteiger partial charge in [-0.3, -0.25) is 4.79 Å². The SMILES string of the molecule is CN1/C(=C\C2=C([O-])C(=CC3=[N+](C)c4ccc(C(F)(F)F)cc4C3(C)C)C2=O)C(C)(C)c2cc(C(F)(F)F)ccc21. The number of nitrogens with zero attached hydrogens (tertiary/aromatic N) is 2. The van der Waals surface area contributed by atoms with E-state index in [1.54, 1.807) is 51.3 Å². The summed E-state index contributed by atoms with van der Waals surface area (Å²) in [4.78, 5) is 14.9. The summed E-state index contributed by atoms with van der Waals surface area (Å²) in [6.07, 6.45) is -6.18. The predicted octanol–water partition coefficient (Wildman–Crippen LogP) is 6.17. The van der Waals surface area contributed by atoms with Gasteiger partial charge in [0.1, 0.15) is 7.05 Å². The van der Waals surface area contributed by atoms with Crippen LogP contribution in [0.25, 0.3) is 0 Å². The number of anilines is 1. The summed E-state index contributed by atoms with van der Waals surface area (Å²) in [6, 6.07) is 6.91. The zero-order valence-electron chi connectivity index (χ0n) is 22.6. The first-order valence-electron chi connectivity index (χ1n) is 12.5. The summed E-state index contributed by atoms with van der Waals surface area (Å²) < 4.78 is 81.7. The lowest BCUT2D eigenvalue weighted by Gasteiger charge is -2.32. The number of Topliss-reactive ketones (excluding diaryl/α,β-unsaturated/α-hetero) is 1. The lowest BCUT2D eigenvalue weighted by Crippen LogP contribution is -2.34. The highest BCUT2D eigenvalue weighted by atomic mass is 19.4. The molecule has 40 heavy (non-hydrogen) atoms. The van der Waals surface area contributed by atoms with Gasteiger partial charge in [-0.15, -0.1) is 0 Å². The van der Waals surface area contributed by atoms with Crippen LogP contribution in [-0.2, 0) is 28.0 Å². The molecule has 3 aliphatic rings. The molecule has 2 aromatic rings. The van der Waals surface area contributed by atoms with Gasteiger partial charge in [0, 0.05) is 52.7 Å². The van der Waals surface area contributed by atoms with Crippen LogP contribution >= 0.6 is 0 Å². The number of allylic oxidation sites excluding steroid dienone is 5. The lowest BCUT2D eigenvalue weighted by atomic mass is 9.77. The maximum absolute atomic E-state index is 13.3. The van der Waals surface area contributed by atoms with Crippen molar-refractivity contribution in [1.82, 2.24) is 0 Å². The topological polar surface area (TPSA) is 46.4 Å². The molecule has 0 amide bonds. The van der Waals surface area contributed by atoms with Crippen molar-refractivity contribution >= 4 is 22.9 Å². The number of likely N-dealkylation sites (N-methyl/N-ethyl adjacent to an activating group) is 1. The van der Waals surface area contributed by atoms with Crippen molar-refractivity contribution in [2.45, 2.75) is 50.9 Å². The first-order valence-corrected chi connectivity index (χ1v) is 12.5. The molecule has 2 heterocycles. The molecule has 1 aliphatic carbocycles. The van der Waals surface area contributed by atoms with E-state index in [9.17, 15) is 36.2 Å². The third-order valence-electron chi connectivity index (χ3n) is 8.26. The molecule has 0 atom stereocenters. The van der Waals surface area contributed by atoms with E-state index in [2.05, 4.69) is 0 Å². The maximum atomic E-state index is 13.3. The zero-order chi connectivity index (χ0) is 29.7. The Kier molecular flexibility index (Phi) is 5.79. The van der Waals surface area contributed by atoms with E-state index in [1.165, 1.54) is 24.3 Å². The Morgan fingerprint density at radius 2 is 1.40 bits per heavy atom. The molecule has 0 spiro atoms. The average molecular weight is 561 g/mol. The van der Waals surface area contributed by atoms with Gasteiger partial charge in [0.05, 0.1) is 16.5 Å². The molecule has 0 saturated heterocycles. The molecule has 0 fully saturated rings. The molecule has 0 N–H and O–H groups in total. The molecule has 4 nitrogen and oxygen atoms in total. The highest BCUT2D eigenvalue weighted by molar-refractivity contribution is 6.24. The van der Waals surface area contributed by atoms with E-state index in [0.717, 1.165) is 24.3 Å². The van der Waals surface area contributed by atoms with Gasteiger partial charge in [-0.1, -0.05) is 19.6 Å². The van der Waals surface area contributed by atoms with Crippen molar-refractivity contribution in [2.24, 2.45) is 0 Å². The second-order valence-corrected chi connectivity index (χ2v) is 11.4. The van der Waals surface area contributed by atoms with Gasteiger partial charge in [-0.2, -0.15) is 30.9 Å². The fourth-order valence-corrected chi connectivity index (χ4v) is 5.91. The highest BCUT2D eigenvalue weighted by Crippen LogP contribution is 2.50. The summed E-state index contributed by atoms with van der Waals surface area (Å²) in [7, 11) is 3.33. The number of alkyl halides is 6. The summed E-state index contributed by atoms with van der Waals surface area (Å²) in [5.74, 6) is -1.06. The molecule has 10 heteroatoms. The van der Waals surface area contributed by atoms with E-state index in [-0.39, 0.29) is 11.1 Å². The number of halogens is 6. The zero-order valence-corrected chi connectivity index (χ0v) is 22.6. The largest absolute Gasteiger partial charge is 0.871 e. The number of hydrogen-bond donors (Lipinski definition) is 0. The number of rotatable bonds is 2. The minimum atomic E-state index is -4.52. The molecular formula is C30H26F6N2O2. The Labute approximate surface area is 227 Å². The monoisotopic (exact) mass is 560 g/mol. The van der Waals surface area contributed by atoms with Crippen LogP contribution in [0.1, 0.15) is 49.9 Å². The van der Waals surface area contributed by atoms with Gasteiger partial charge >= 0.3 is 12.4 Å². The van der Waals surface area contributed by atoms with E-state index in [4.69, 9.17) is 0 Å². The van der Waals surface area contributed by atoms with Crippen molar-refractivity contribution in [3.05, 3.63) is 93.4 Å². The number of fused-ring (bicyclic) bond motifs is 2. The molecule has 0 radical (unpaired) electrons. The number of benzene rings is 2. The molecule has 0 unspecified atom stereocenters. The highest BCUT2D eigenvalue weighted by Gasteiger charge is 2.47. The van der Waals surface area contributed by atoms with Gasteiger partial charge in [-0.25, -0.2) is 0 Å². The molecule has 0 bridgehead atoms. The molecule has 2 aliphatic heterocycles. The van der Waals surface area contributed by atoms with Gasteiger partial charge < -0.3 is 10.0 Å². The predicted molar refractivity (Wildman–Crippen MR) is 136 cm³/mol. The third kappa shape index (κ3) is 3.90. The minimum absolute atomic E-state index is 0.0963. The fraction of sp³-hybridized carbons (Fsp3) is 0.333. The summed E-state index contributed by atoms with van der Waals surface area (Å²) in [5.41, 5.74) is -0.677. The van der Waals surface area contributed by atoms with Crippen LogP contribution in [0.5, 0.6) is 0 Å². The van der Waals surface area contributed by atoms with Crippen molar-refractivity contribution in [3.8, 4) is 0 Å². The van der Waals surface area contributed by atoms with E-state index < -0.39 is 45.9 Å². The Bertz CT molecular complexity index is 1620. The van der Waals surface area contributed by atoms with Gasteiger partial charge in [0.2, 0.25) is 5.69 Å². The van der Waals surface area contributed by atoms with Gasteiger partial charge in [0.15, 0.2) is 11.5 Å². The van der Waals surface area contributed by atoms with Crippen LogP contribution in [0.3, 0.4) is 0 Å². The normalized spacial score (nSPS) is 21.9. The Balaban J connectivity index is 1.52. The second kappa shape index (κ2) is 8.34. The molecular weight excluding hydrogens is 534 g/mol. The first kappa shape index (κ1) is 27.7. The lowest BCUT2D eigenvalue weighted by molar-refractivity contribution is -0.401. The second-order valence-electron chi connectivity index (χ2n) is 11.4. The van der Waals surface area contributed by atoms with Crippen molar-refractivity contribution in [3.63, 3.8) is 0 Å². The van der Waals surface area contributed by atoms with Gasteiger partial charge in [0.25, 0.3) is 0 Å². The van der Waals surface area contributed by atoms with E-state index in [1.807, 2.05) is 0 Å². The molecule has 5 rings (SSSR count). The summed E-state index contributed by atoms with van der Waals surface area (Å²) in [6.45, 7) is 6.91. The molecule has 210 valence electrons. The van der Waals surface area contributed by atoms with Crippen LogP contribution in [0.2, 0.25) is 0 Å². The van der Waals surface area contributed by atoms with Crippen molar-refractivity contribution < 1.29 is 40.8 Å². The third-order valence-corrected chi connectivity index (χ3v) is 8.26. The summed E-state index contributed by atoms with van der Waals surface area (Å²) >= 11 is 0. The smallest absolute Gasteiger partial charge is 0.416 e. The minimum Gasteiger partial charge on any atom is -0.871 e. The van der Waals surface area contributed by atoms with Crippen LogP contribution in [0.4, 0.5) is 37.7 Å². The Hall–Kier alpha value is -3.82. The molecule has 0 aromatic heterocycles. The van der Waals surface area contributed by atoms with Crippen molar-refractivity contribution in [1.29, 1.82) is 0 Å². The number of hydrogen-bond acceptors (Lipinski definition) is 3. The molecule has 0 saturated carbocycles. The average Bonchev–Trinajstić information content (AvgIpc) is 3.16. The molecule has 2 aromatic carbocycles. The van der Waals surface area contributed by atoms with Crippen LogP contribution in [0.15, 0.2) is 71.2 Å². The summed E-state index contributed by atoms with van der Waals surface area (Å²) in [5, 5.41) is 13.2.